The highest BCUT2D eigenvalue weighted by Crippen LogP contribution is 2.30. The number of nitrogens with zero attached hydrogens (tertiary/aromatic N) is 1. The average molecular weight is 344 g/mol. The van der Waals surface area contributed by atoms with Crippen LogP contribution < -0.4 is 5.32 Å². The number of fused-ring (bicyclic) bond motifs is 1. The molecule has 0 bridgehead atoms. The van der Waals surface area contributed by atoms with E-state index in [0.717, 1.165) is 32.6 Å². The van der Waals surface area contributed by atoms with Crippen molar-refractivity contribution < 1.29 is 4.79 Å². The van der Waals surface area contributed by atoms with Gasteiger partial charge in [0, 0.05) is 27.6 Å². The van der Waals surface area contributed by atoms with Crippen LogP contribution in [0.1, 0.15) is 15.9 Å². The predicted octanol–water partition coefficient (Wildman–Crippen LogP) is 5.52. The first kappa shape index (κ1) is 15.5. The summed E-state index contributed by atoms with van der Waals surface area (Å²) in [5.74, 6) is -0.120. The fraction of sp³-hybridized carbons (Fsp3) is 0.0476. The maximum atomic E-state index is 13.0. The maximum Gasteiger partial charge on any atom is 0.256 e. The van der Waals surface area contributed by atoms with Gasteiger partial charge in [0.2, 0.25) is 0 Å². The number of hydrogen-bond acceptors (Lipinski definition) is 3. The van der Waals surface area contributed by atoms with E-state index in [9.17, 15) is 4.79 Å². The molecule has 2 aromatic carbocycles. The molecule has 0 atom stereocenters. The summed E-state index contributed by atoms with van der Waals surface area (Å²) < 4.78 is 0. The molecule has 0 aliphatic carbocycles. The number of aromatic nitrogens is 1. The van der Waals surface area contributed by atoms with Gasteiger partial charge in [-0.3, -0.25) is 9.78 Å². The third kappa shape index (κ3) is 3.04. The van der Waals surface area contributed by atoms with Gasteiger partial charge in [0.15, 0.2) is 0 Å². The highest BCUT2D eigenvalue weighted by atomic mass is 32.1. The Hall–Kier alpha value is -2.98. The second-order valence-corrected chi connectivity index (χ2v) is 6.81. The van der Waals surface area contributed by atoms with E-state index < -0.39 is 0 Å². The smallest absolute Gasteiger partial charge is 0.256 e. The molecule has 0 spiro atoms. The Kier molecular flexibility index (Phi) is 4.04. The molecular weight excluding hydrogens is 328 g/mol. The molecule has 0 saturated heterocycles. The number of anilines is 1. The first-order valence-electron chi connectivity index (χ1n) is 8.02. The van der Waals surface area contributed by atoms with Crippen molar-refractivity contribution in [2.24, 2.45) is 0 Å². The zero-order valence-corrected chi connectivity index (χ0v) is 14.5. The number of nitrogens with one attached hydrogen (secondary N) is 1. The Labute approximate surface area is 150 Å². The van der Waals surface area contributed by atoms with Gasteiger partial charge in [-0.2, -0.15) is 0 Å². The van der Waals surface area contributed by atoms with Crippen LogP contribution in [0.4, 0.5) is 5.69 Å². The first-order chi connectivity index (χ1) is 12.2. The molecule has 3 nitrogen and oxygen atoms in total. The molecule has 0 fully saturated rings. The van der Waals surface area contributed by atoms with Crippen molar-refractivity contribution in [3.05, 3.63) is 83.4 Å². The van der Waals surface area contributed by atoms with E-state index in [4.69, 9.17) is 0 Å². The van der Waals surface area contributed by atoms with Gasteiger partial charge in [0.1, 0.15) is 0 Å². The number of pyridine rings is 1. The van der Waals surface area contributed by atoms with Crippen molar-refractivity contribution in [1.82, 2.24) is 4.98 Å². The molecular formula is C21H16N2OS. The Bertz CT molecular complexity index is 1050. The van der Waals surface area contributed by atoms with E-state index in [2.05, 4.69) is 10.3 Å². The SMILES string of the molecule is Cc1ccc(-c2cccs2)c(C(=O)Nc2cccc3cccnc23)c1. The van der Waals surface area contributed by atoms with Gasteiger partial charge in [-0.15, -0.1) is 11.3 Å². The number of benzene rings is 2. The number of hydrogen-bond donors (Lipinski definition) is 1. The third-order valence-electron chi connectivity index (χ3n) is 4.09. The molecule has 122 valence electrons. The van der Waals surface area contributed by atoms with Gasteiger partial charge < -0.3 is 5.32 Å². The van der Waals surface area contributed by atoms with E-state index in [1.165, 1.54) is 0 Å². The number of para-hydroxylation sites is 1. The molecule has 1 amide bonds. The number of rotatable bonds is 3. The zero-order valence-electron chi connectivity index (χ0n) is 13.7. The van der Waals surface area contributed by atoms with Crippen LogP contribution in [0.2, 0.25) is 0 Å². The van der Waals surface area contributed by atoms with Crippen LogP contribution >= 0.6 is 11.3 Å². The van der Waals surface area contributed by atoms with Crippen molar-refractivity contribution in [1.29, 1.82) is 0 Å². The van der Waals surface area contributed by atoms with Crippen LogP contribution in [-0.2, 0) is 0 Å². The minimum atomic E-state index is -0.120. The van der Waals surface area contributed by atoms with Crippen LogP contribution in [0, 0.1) is 6.92 Å². The lowest BCUT2D eigenvalue weighted by molar-refractivity contribution is 0.102. The standard InChI is InChI=1S/C21H16N2OS/c1-14-9-10-16(19-8-4-12-25-19)17(13-14)21(24)23-18-7-2-5-15-6-3-11-22-20(15)18/h2-13H,1H3,(H,23,24). The monoisotopic (exact) mass is 344 g/mol. The van der Waals surface area contributed by atoms with Gasteiger partial charge in [-0.1, -0.05) is 42.0 Å². The lowest BCUT2D eigenvalue weighted by Crippen LogP contribution is -2.13. The lowest BCUT2D eigenvalue weighted by atomic mass is 10.0. The summed E-state index contributed by atoms with van der Waals surface area (Å²) in [5.41, 5.74) is 4.20. The Morgan fingerprint density at radius 3 is 2.76 bits per heavy atom. The van der Waals surface area contributed by atoms with Crippen molar-refractivity contribution in [2.75, 3.05) is 5.32 Å². The number of carbonyl (C=O) groups excluding carboxylic acids is 1. The summed E-state index contributed by atoms with van der Waals surface area (Å²) in [7, 11) is 0. The number of amides is 1. The molecule has 0 aliphatic heterocycles. The van der Waals surface area contributed by atoms with Gasteiger partial charge in [0.25, 0.3) is 5.91 Å². The Balaban J connectivity index is 1.75. The molecule has 0 radical (unpaired) electrons. The minimum Gasteiger partial charge on any atom is -0.320 e. The fourth-order valence-electron chi connectivity index (χ4n) is 2.89. The van der Waals surface area contributed by atoms with E-state index in [-0.39, 0.29) is 5.91 Å². The molecule has 4 rings (SSSR count). The summed E-state index contributed by atoms with van der Waals surface area (Å²) in [4.78, 5) is 18.5. The largest absolute Gasteiger partial charge is 0.320 e. The Morgan fingerprint density at radius 1 is 1.04 bits per heavy atom. The first-order valence-corrected chi connectivity index (χ1v) is 8.90. The van der Waals surface area contributed by atoms with Crippen LogP contribution in [0.3, 0.4) is 0 Å². The summed E-state index contributed by atoms with van der Waals surface area (Å²) in [6.07, 6.45) is 1.74. The van der Waals surface area contributed by atoms with Crippen molar-refractivity contribution >= 4 is 33.8 Å². The van der Waals surface area contributed by atoms with E-state index in [1.54, 1.807) is 17.5 Å². The Morgan fingerprint density at radius 2 is 1.92 bits per heavy atom. The van der Waals surface area contributed by atoms with Gasteiger partial charge in [-0.25, -0.2) is 0 Å². The molecule has 2 heterocycles. The maximum absolute atomic E-state index is 13.0. The van der Waals surface area contributed by atoms with E-state index in [1.807, 2.05) is 73.0 Å². The van der Waals surface area contributed by atoms with E-state index in [0.29, 0.717) is 5.56 Å². The summed E-state index contributed by atoms with van der Waals surface area (Å²) in [6, 6.07) is 19.7. The fourth-order valence-corrected chi connectivity index (χ4v) is 3.65. The molecule has 25 heavy (non-hydrogen) atoms. The highest BCUT2D eigenvalue weighted by Gasteiger charge is 2.15. The number of carbonyl (C=O) groups is 1. The van der Waals surface area contributed by atoms with Crippen LogP contribution in [0.25, 0.3) is 21.3 Å². The van der Waals surface area contributed by atoms with Gasteiger partial charge in [-0.05, 0) is 36.6 Å². The molecule has 0 unspecified atom stereocenters. The van der Waals surface area contributed by atoms with Crippen molar-refractivity contribution in [2.45, 2.75) is 6.92 Å². The van der Waals surface area contributed by atoms with Crippen LogP contribution in [0.5, 0.6) is 0 Å². The zero-order chi connectivity index (χ0) is 17.2. The number of aryl methyl sites for hydroxylation is 1. The number of thiophene rings is 1. The quantitative estimate of drug-likeness (QED) is 0.531. The summed E-state index contributed by atoms with van der Waals surface area (Å²) >= 11 is 1.63. The van der Waals surface area contributed by atoms with Crippen LogP contribution in [-0.4, -0.2) is 10.9 Å². The lowest BCUT2D eigenvalue weighted by Gasteiger charge is -2.11. The van der Waals surface area contributed by atoms with Gasteiger partial charge >= 0.3 is 0 Å². The normalized spacial score (nSPS) is 10.8. The summed E-state index contributed by atoms with van der Waals surface area (Å²) in [5, 5.41) is 6.06. The molecule has 4 aromatic rings. The second kappa shape index (κ2) is 6.49. The van der Waals surface area contributed by atoms with E-state index >= 15 is 0 Å². The third-order valence-corrected chi connectivity index (χ3v) is 4.99. The molecule has 4 heteroatoms. The average Bonchev–Trinajstić information content (AvgIpc) is 3.16. The molecule has 0 aliphatic rings. The summed E-state index contributed by atoms with van der Waals surface area (Å²) in [6.45, 7) is 1.99. The minimum absolute atomic E-state index is 0.120. The topological polar surface area (TPSA) is 42.0 Å². The highest BCUT2D eigenvalue weighted by molar-refractivity contribution is 7.13. The second-order valence-electron chi connectivity index (χ2n) is 5.86. The molecule has 1 N–H and O–H groups in total. The van der Waals surface area contributed by atoms with Crippen LogP contribution in [0.15, 0.2) is 72.2 Å². The molecule has 0 saturated carbocycles. The van der Waals surface area contributed by atoms with Crippen molar-refractivity contribution in [3.8, 4) is 10.4 Å². The van der Waals surface area contributed by atoms with Gasteiger partial charge in [0.05, 0.1) is 11.2 Å². The predicted molar refractivity (Wildman–Crippen MR) is 104 cm³/mol. The van der Waals surface area contributed by atoms with Crippen molar-refractivity contribution in [3.63, 3.8) is 0 Å². The molecule has 2 aromatic heterocycles.